The van der Waals surface area contributed by atoms with Crippen LogP contribution in [0.3, 0.4) is 0 Å². The van der Waals surface area contributed by atoms with Crippen molar-refractivity contribution >= 4 is 29.8 Å². The quantitative estimate of drug-likeness (QED) is 0.378. The van der Waals surface area contributed by atoms with Crippen molar-refractivity contribution in [3.8, 4) is 21.8 Å². The summed E-state index contributed by atoms with van der Waals surface area (Å²) in [5.41, 5.74) is 6.43. The number of aromatic amines is 1. The third kappa shape index (κ3) is 5.18. The van der Waals surface area contributed by atoms with Crippen LogP contribution in [0.4, 0.5) is 10.1 Å². The van der Waals surface area contributed by atoms with E-state index in [9.17, 15) is 9.18 Å². The Kier molecular flexibility index (Phi) is 7.34. The van der Waals surface area contributed by atoms with Crippen molar-refractivity contribution in [3.05, 3.63) is 51.8 Å². The van der Waals surface area contributed by atoms with Gasteiger partial charge in [-0.2, -0.15) is 0 Å². The third-order valence-electron chi connectivity index (χ3n) is 3.63. The van der Waals surface area contributed by atoms with Gasteiger partial charge in [-0.25, -0.2) is 19.2 Å². The molecule has 4 N–H and O–H groups in total. The summed E-state index contributed by atoms with van der Waals surface area (Å²) in [6.45, 7) is 9.02. The summed E-state index contributed by atoms with van der Waals surface area (Å²) in [5.74, 6) is -0.513. The van der Waals surface area contributed by atoms with E-state index >= 15 is 0 Å². The second-order valence-corrected chi connectivity index (χ2v) is 8.27. The van der Waals surface area contributed by atoms with Crippen molar-refractivity contribution in [2.24, 2.45) is 0 Å². The van der Waals surface area contributed by atoms with Crippen LogP contribution in [0.1, 0.15) is 32.7 Å². The molecule has 0 fully saturated rings. The first-order chi connectivity index (χ1) is 13.2. The van der Waals surface area contributed by atoms with E-state index in [4.69, 9.17) is 5.73 Å². The van der Waals surface area contributed by atoms with Crippen LogP contribution in [-0.2, 0) is 5.41 Å². The van der Waals surface area contributed by atoms with E-state index < -0.39 is 11.5 Å². The van der Waals surface area contributed by atoms with Gasteiger partial charge in [-0.15, -0.1) is 11.3 Å². The highest BCUT2D eigenvalue weighted by molar-refractivity contribution is 7.78. The number of hydrogen-bond acceptors (Lipinski definition) is 7. The van der Waals surface area contributed by atoms with Gasteiger partial charge < -0.3 is 10.7 Å². The molecule has 0 aliphatic heterocycles. The number of anilines is 1. The first-order valence-electron chi connectivity index (χ1n) is 8.67. The zero-order chi connectivity index (χ0) is 20.9. The predicted octanol–water partition coefficient (Wildman–Crippen LogP) is 4.02. The van der Waals surface area contributed by atoms with Crippen LogP contribution in [0, 0.1) is 5.82 Å². The number of thiol groups is 1. The Hall–Kier alpha value is -2.23. The summed E-state index contributed by atoms with van der Waals surface area (Å²) >= 11 is 5.09. The van der Waals surface area contributed by atoms with E-state index in [0.717, 1.165) is 11.6 Å². The lowest BCUT2D eigenvalue weighted by Gasteiger charge is -2.13. The number of nitrogen functional groups attached to an aromatic ring is 1. The molecule has 0 unspecified atom stereocenters. The molecule has 0 atom stereocenters. The smallest absolute Gasteiger partial charge is 0.345 e. The van der Waals surface area contributed by atoms with Crippen molar-refractivity contribution < 1.29 is 4.39 Å². The Morgan fingerprint density at radius 2 is 2.00 bits per heavy atom. The number of H-pyrrole nitrogens is 1. The number of nitrogens with one attached hydrogen (secondary N) is 2. The van der Waals surface area contributed by atoms with Gasteiger partial charge in [-0.1, -0.05) is 46.6 Å². The summed E-state index contributed by atoms with van der Waals surface area (Å²) in [6, 6.07) is 6.50. The van der Waals surface area contributed by atoms with Crippen molar-refractivity contribution in [1.29, 1.82) is 0 Å². The van der Waals surface area contributed by atoms with Crippen LogP contribution >= 0.6 is 24.2 Å². The Balaban J connectivity index is 0.000000640. The number of rotatable bonds is 3. The monoisotopic (exact) mass is 421 g/mol. The van der Waals surface area contributed by atoms with Crippen LogP contribution in [0.25, 0.3) is 21.8 Å². The molecule has 0 aliphatic rings. The molecule has 28 heavy (non-hydrogen) atoms. The lowest BCUT2D eigenvalue weighted by atomic mass is 9.98. The molecular weight excluding hydrogens is 397 g/mol. The van der Waals surface area contributed by atoms with Gasteiger partial charge in [0.05, 0.1) is 27.0 Å². The number of nitrogens with two attached hydrogens (primary N) is 1. The highest BCUT2D eigenvalue weighted by atomic mass is 32.1. The first kappa shape index (κ1) is 22.1. The maximum absolute atomic E-state index is 14.5. The Labute approximate surface area is 173 Å². The van der Waals surface area contributed by atoms with Crippen LogP contribution in [0.2, 0.25) is 0 Å². The van der Waals surface area contributed by atoms with Crippen molar-refractivity contribution in [2.45, 2.75) is 33.1 Å². The largest absolute Gasteiger partial charge is 0.396 e. The Bertz CT molecular complexity index is 992. The molecule has 3 rings (SSSR count). The van der Waals surface area contributed by atoms with Gasteiger partial charge in [-0.3, -0.25) is 4.72 Å². The minimum absolute atomic E-state index is 0.0620. The molecule has 0 amide bonds. The van der Waals surface area contributed by atoms with Gasteiger partial charge in [0.1, 0.15) is 0 Å². The van der Waals surface area contributed by atoms with Crippen molar-refractivity contribution in [1.82, 2.24) is 19.7 Å². The second kappa shape index (κ2) is 9.31. The van der Waals surface area contributed by atoms with Gasteiger partial charge in [-0.05, 0) is 18.2 Å². The maximum atomic E-state index is 14.5. The summed E-state index contributed by atoms with van der Waals surface area (Å²) in [7, 11) is 0. The standard InChI is InChI=1S/C17H17FN4OS.C2H7NS/c1-17(2,3)15-22-13(9-5-4-6-10(19)12(9)18)14(24-15)11-7-8-20-16(23)21-11;1-2-3-4/h4-8H,19H2,1-3H3,(H,20,21,23);3-4H,2H2,1H3. The van der Waals surface area contributed by atoms with Crippen LogP contribution in [0.5, 0.6) is 0 Å². The van der Waals surface area contributed by atoms with E-state index in [1.54, 1.807) is 18.2 Å². The van der Waals surface area contributed by atoms with E-state index in [1.165, 1.54) is 23.6 Å². The fourth-order valence-electron chi connectivity index (χ4n) is 2.24. The van der Waals surface area contributed by atoms with Crippen molar-refractivity contribution in [3.63, 3.8) is 0 Å². The van der Waals surface area contributed by atoms with Crippen LogP contribution in [-0.4, -0.2) is 21.5 Å². The minimum Gasteiger partial charge on any atom is -0.396 e. The van der Waals surface area contributed by atoms with Crippen LogP contribution in [0.15, 0.2) is 35.3 Å². The van der Waals surface area contributed by atoms with Gasteiger partial charge in [0, 0.05) is 23.7 Å². The lowest BCUT2D eigenvalue weighted by Crippen LogP contribution is -2.10. The molecule has 1 aromatic carbocycles. The highest BCUT2D eigenvalue weighted by Gasteiger charge is 2.25. The zero-order valence-corrected chi connectivity index (χ0v) is 17.9. The lowest BCUT2D eigenvalue weighted by molar-refractivity contribution is 0.585. The fraction of sp³-hybridized carbons (Fsp3) is 0.316. The summed E-state index contributed by atoms with van der Waals surface area (Å²) in [4.78, 5) is 23.2. The molecule has 2 heterocycles. The van der Waals surface area contributed by atoms with Gasteiger partial charge in [0.2, 0.25) is 0 Å². The minimum atomic E-state index is -0.513. The molecule has 0 radical (unpaired) electrons. The highest BCUT2D eigenvalue weighted by Crippen LogP contribution is 2.41. The maximum Gasteiger partial charge on any atom is 0.345 e. The average molecular weight is 422 g/mol. The molecule has 0 saturated heterocycles. The summed E-state index contributed by atoms with van der Waals surface area (Å²) in [6.07, 6.45) is 1.42. The molecule has 0 saturated carbocycles. The molecule has 2 aromatic heterocycles. The molecule has 3 aromatic rings. The number of nitrogens with zero attached hydrogens (tertiary/aromatic N) is 2. The van der Waals surface area contributed by atoms with Gasteiger partial charge in [0.25, 0.3) is 0 Å². The molecular formula is C19H24FN5OS2. The number of hydrogen-bond donors (Lipinski definition) is 4. The summed E-state index contributed by atoms with van der Waals surface area (Å²) in [5, 5.41) is 0.840. The number of aromatic nitrogens is 3. The SMILES string of the molecule is CC(C)(C)c1nc(-c2cccc(N)c2F)c(-c2ccnc(=O)[nH]2)s1.CCNS. The number of benzene rings is 1. The summed E-state index contributed by atoms with van der Waals surface area (Å²) < 4.78 is 17.1. The van der Waals surface area contributed by atoms with Crippen LogP contribution < -0.4 is 16.1 Å². The van der Waals surface area contributed by atoms with Gasteiger partial charge in [0.15, 0.2) is 5.82 Å². The topological polar surface area (TPSA) is 96.7 Å². The zero-order valence-electron chi connectivity index (χ0n) is 16.2. The van der Waals surface area contributed by atoms with E-state index in [2.05, 4.69) is 32.5 Å². The van der Waals surface area contributed by atoms with Gasteiger partial charge >= 0.3 is 5.69 Å². The molecule has 150 valence electrons. The number of thiazole rings is 1. The molecule has 0 aliphatic carbocycles. The average Bonchev–Trinajstić information content (AvgIpc) is 3.10. The molecule has 9 heteroatoms. The molecule has 0 spiro atoms. The first-order valence-corrected chi connectivity index (χ1v) is 9.93. The normalized spacial score (nSPS) is 11.1. The predicted molar refractivity (Wildman–Crippen MR) is 117 cm³/mol. The van der Waals surface area contributed by atoms with E-state index in [-0.39, 0.29) is 11.1 Å². The van der Waals surface area contributed by atoms with Crippen molar-refractivity contribution in [2.75, 3.05) is 12.3 Å². The Morgan fingerprint density at radius 3 is 2.57 bits per heavy atom. The molecule has 6 nitrogen and oxygen atoms in total. The third-order valence-corrected chi connectivity index (χ3v) is 5.46. The second-order valence-electron chi connectivity index (χ2n) is 6.96. The number of halogens is 1. The molecule has 0 bridgehead atoms. The Morgan fingerprint density at radius 1 is 1.32 bits per heavy atom. The van der Waals surface area contributed by atoms with E-state index in [0.29, 0.717) is 21.8 Å². The van der Waals surface area contributed by atoms with E-state index in [1.807, 2.05) is 27.7 Å². The fourth-order valence-corrected chi connectivity index (χ4v) is 3.36.